The van der Waals surface area contributed by atoms with E-state index in [1.807, 2.05) is 36.4 Å². The molecule has 1 aromatic heterocycles. The topological polar surface area (TPSA) is 79.7 Å². The predicted octanol–water partition coefficient (Wildman–Crippen LogP) is 3.37. The van der Waals surface area contributed by atoms with Crippen molar-refractivity contribution in [2.75, 3.05) is 33.8 Å². The minimum absolute atomic E-state index is 0.260. The molecule has 0 saturated heterocycles. The van der Waals surface area contributed by atoms with Gasteiger partial charge in [0.25, 0.3) is 0 Å². The van der Waals surface area contributed by atoms with Crippen molar-refractivity contribution in [2.24, 2.45) is 0 Å². The summed E-state index contributed by atoms with van der Waals surface area (Å²) in [4.78, 5) is 4.35. The predicted molar refractivity (Wildman–Crippen MR) is 109 cm³/mol. The maximum absolute atomic E-state index is 5.70. The first kappa shape index (κ1) is 18.7. The molecule has 29 heavy (non-hydrogen) atoms. The number of benzene rings is 2. The molecule has 8 nitrogen and oxygen atoms in total. The Hall–Kier alpha value is -3.68. The number of hydrogen-bond acceptors (Lipinski definition) is 7. The number of allylic oxidation sites excluding steroid dienone is 1. The molecule has 0 fully saturated rings. The molecule has 0 amide bonds. The van der Waals surface area contributed by atoms with E-state index in [9.17, 15) is 0 Å². The number of aromatic nitrogens is 3. The third kappa shape index (κ3) is 3.22. The molecule has 0 radical (unpaired) electrons. The van der Waals surface area contributed by atoms with Crippen LogP contribution in [0.4, 0.5) is 5.95 Å². The van der Waals surface area contributed by atoms with Gasteiger partial charge in [-0.15, -0.1) is 0 Å². The molecule has 1 atom stereocenters. The van der Waals surface area contributed by atoms with Gasteiger partial charge in [-0.2, -0.15) is 10.1 Å². The fourth-order valence-electron chi connectivity index (χ4n) is 3.47. The first-order chi connectivity index (χ1) is 14.2. The standard InChI is InChI=1S/C21H22N4O4/c1-26-14-7-5-6-13(10-14)16-11-17(25-21(24-16)22-12-23-25)15-8-9-18(27-2)20(29-4)19(15)28-3/h5-12,17H,1-4H3,(H,22,23,24)/t17-/m1/s1. The summed E-state index contributed by atoms with van der Waals surface area (Å²) in [5.74, 6) is 3.12. The summed E-state index contributed by atoms with van der Waals surface area (Å²) in [6.07, 6.45) is 3.59. The van der Waals surface area contributed by atoms with Crippen LogP contribution in [0.3, 0.4) is 0 Å². The average molecular weight is 394 g/mol. The summed E-state index contributed by atoms with van der Waals surface area (Å²) in [5, 5.41) is 7.73. The molecule has 0 bridgehead atoms. The normalized spacial score (nSPS) is 15.0. The Bertz CT molecular complexity index is 1060. The summed E-state index contributed by atoms with van der Waals surface area (Å²) in [6, 6.07) is 11.4. The van der Waals surface area contributed by atoms with Gasteiger partial charge in [0.15, 0.2) is 11.5 Å². The van der Waals surface area contributed by atoms with Gasteiger partial charge in [-0.1, -0.05) is 12.1 Å². The summed E-state index contributed by atoms with van der Waals surface area (Å²) in [5.41, 5.74) is 2.74. The van der Waals surface area contributed by atoms with Crippen LogP contribution >= 0.6 is 0 Å². The van der Waals surface area contributed by atoms with Crippen molar-refractivity contribution in [3.8, 4) is 23.0 Å². The van der Waals surface area contributed by atoms with Crippen LogP contribution in [0.2, 0.25) is 0 Å². The van der Waals surface area contributed by atoms with Gasteiger partial charge in [-0.05, 0) is 30.3 Å². The lowest BCUT2D eigenvalue weighted by molar-refractivity contribution is 0.320. The van der Waals surface area contributed by atoms with Crippen LogP contribution in [-0.2, 0) is 0 Å². The van der Waals surface area contributed by atoms with Gasteiger partial charge in [0.1, 0.15) is 18.1 Å². The number of anilines is 1. The summed E-state index contributed by atoms with van der Waals surface area (Å²) in [7, 11) is 6.44. The van der Waals surface area contributed by atoms with Gasteiger partial charge < -0.3 is 24.3 Å². The number of fused-ring (bicyclic) bond motifs is 1. The van der Waals surface area contributed by atoms with Crippen molar-refractivity contribution in [3.63, 3.8) is 0 Å². The molecule has 0 aliphatic carbocycles. The minimum atomic E-state index is -0.260. The zero-order valence-corrected chi connectivity index (χ0v) is 16.7. The Morgan fingerprint density at radius 1 is 0.931 bits per heavy atom. The lowest BCUT2D eigenvalue weighted by Gasteiger charge is -2.26. The van der Waals surface area contributed by atoms with E-state index in [1.165, 1.54) is 6.33 Å². The monoisotopic (exact) mass is 394 g/mol. The highest BCUT2D eigenvalue weighted by Gasteiger charge is 2.28. The molecule has 150 valence electrons. The summed E-state index contributed by atoms with van der Waals surface area (Å²) in [6.45, 7) is 0. The quantitative estimate of drug-likeness (QED) is 0.687. The molecule has 2 heterocycles. The lowest BCUT2D eigenvalue weighted by Crippen LogP contribution is -2.21. The maximum atomic E-state index is 5.70. The van der Waals surface area contributed by atoms with E-state index in [2.05, 4.69) is 21.5 Å². The number of methoxy groups -OCH3 is 4. The summed E-state index contributed by atoms with van der Waals surface area (Å²) < 4.78 is 23.8. The van der Waals surface area contributed by atoms with E-state index in [0.29, 0.717) is 23.2 Å². The largest absolute Gasteiger partial charge is 0.497 e. The van der Waals surface area contributed by atoms with Crippen molar-refractivity contribution >= 4 is 11.6 Å². The molecule has 0 saturated carbocycles. The van der Waals surface area contributed by atoms with Crippen molar-refractivity contribution in [3.05, 3.63) is 59.9 Å². The molecule has 0 spiro atoms. The zero-order valence-electron chi connectivity index (χ0n) is 16.7. The molecule has 1 N–H and O–H groups in total. The first-order valence-electron chi connectivity index (χ1n) is 9.01. The highest BCUT2D eigenvalue weighted by Crippen LogP contribution is 2.45. The Morgan fingerprint density at radius 3 is 2.48 bits per heavy atom. The molecule has 2 aromatic carbocycles. The number of nitrogens with zero attached hydrogens (tertiary/aromatic N) is 3. The zero-order chi connectivity index (χ0) is 20.4. The summed E-state index contributed by atoms with van der Waals surface area (Å²) >= 11 is 0. The van der Waals surface area contributed by atoms with Crippen molar-refractivity contribution < 1.29 is 18.9 Å². The highest BCUT2D eigenvalue weighted by atomic mass is 16.5. The van der Waals surface area contributed by atoms with Crippen LogP contribution in [0, 0.1) is 0 Å². The van der Waals surface area contributed by atoms with Gasteiger partial charge >= 0.3 is 0 Å². The molecular formula is C21H22N4O4. The fourth-order valence-corrected chi connectivity index (χ4v) is 3.47. The van der Waals surface area contributed by atoms with Crippen LogP contribution < -0.4 is 24.3 Å². The Kier molecular flexibility index (Phi) is 4.99. The SMILES string of the molecule is COc1cccc(C2=C[C@H](c3ccc(OC)c(OC)c3OC)n3ncnc3N2)c1. The lowest BCUT2D eigenvalue weighted by atomic mass is 10.00. The number of nitrogens with one attached hydrogen (secondary N) is 1. The van der Waals surface area contributed by atoms with Crippen LogP contribution in [-0.4, -0.2) is 43.2 Å². The smallest absolute Gasteiger partial charge is 0.226 e. The van der Waals surface area contributed by atoms with Crippen molar-refractivity contribution in [1.82, 2.24) is 14.8 Å². The number of ether oxygens (including phenoxy) is 4. The average Bonchev–Trinajstić information content (AvgIpc) is 3.26. The molecule has 3 aromatic rings. The van der Waals surface area contributed by atoms with E-state index >= 15 is 0 Å². The molecule has 0 unspecified atom stereocenters. The van der Waals surface area contributed by atoms with Gasteiger partial charge in [0.05, 0.1) is 28.4 Å². The van der Waals surface area contributed by atoms with E-state index < -0.39 is 0 Å². The van der Waals surface area contributed by atoms with Crippen LogP contribution in [0.1, 0.15) is 17.2 Å². The highest BCUT2D eigenvalue weighted by molar-refractivity contribution is 5.78. The second kappa shape index (κ2) is 7.75. The third-order valence-electron chi connectivity index (χ3n) is 4.84. The third-order valence-corrected chi connectivity index (χ3v) is 4.84. The van der Waals surface area contributed by atoms with Crippen LogP contribution in [0.15, 0.2) is 48.8 Å². The van der Waals surface area contributed by atoms with Crippen LogP contribution in [0.25, 0.3) is 5.70 Å². The van der Waals surface area contributed by atoms with Gasteiger partial charge in [-0.3, -0.25) is 0 Å². The van der Waals surface area contributed by atoms with E-state index in [0.717, 1.165) is 22.6 Å². The minimum Gasteiger partial charge on any atom is -0.497 e. The molecule has 8 heteroatoms. The Morgan fingerprint density at radius 2 is 1.76 bits per heavy atom. The van der Waals surface area contributed by atoms with Gasteiger partial charge in [0.2, 0.25) is 11.7 Å². The van der Waals surface area contributed by atoms with Crippen molar-refractivity contribution in [1.29, 1.82) is 0 Å². The Labute approximate surface area is 168 Å². The molecule has 1 aliphatic heterocycles. The Balaban J connectivity index is 1.87. The fraction of sp³-hybridized carbons (Fsp3) is 0.238. The van der Waals surface area contributed by atoms with Gasteiger partial charge in [0, 0.05) is 16.8 Å². The van der Waals surface area contributed by atoms with Crippen molar-refractivity contribution in [2.45, 2.75) is 6.04 Å². The molecule has 4 rings (SSSR count). The van der Waals surface area contributed by atoms with E-state index in [4.69, 9.17) is 18.9 Å². The van der Waals surface area contributed by atoms with E-state index in [-0.39, 0.29) is 6.04 Å². The van der Waals surface area contributed by atoms with E-state index in [1.54, 1.807) is 33.1 Å². The maximum Gasteiger partial charge on any atom is 0.226 e. The number of rotatable bonds is 6. The van der Waals surface area contributed by atoms with Crippen LogP contribution in [0.5, 0.6) is 23.0 Å². The second-order valence-electron chi connectivity index (χ2n) is 6.33. The molecular weight excluding hydrogens is 372 g/mol. The van der Waals surface area contributed by atoms with Gasteiger partial charge in [-0.25, -0.2) is 4.68 Å². The molecule has 1 aliphatic rings. The second-order valence-corrected chi connectivity index (χ2v) is 6.33. The number of hydrogen-bond donors (Lipinski definition) is 1. The first-order valence-corrected chi connectivity index (χ1v) is 9.01.